The van der Waals surface area contributed by atoms with Gasteiger partial charge in [-0.25, -0.2) is 9.78 Å². The number of carboxylic acids is 1. The standard InChI is InChI=1S/C11H13N3O4S2/c1-7(15)12-9(10(16)17)6-20(18)5-8-4-14-2-3-19-11(14)13-8/h2-4,9H,5-6H2,1H3,(H,12,15)(H,16,17)/t9-,20?/m0/s1. The van der Waals surface area contributed by atoms with Crippen LogP contribution in [0.1, 0.15) is 12.6 Å². The fourth-order valence-corrected chi connectivity index (χ4v) is 3.58. The summed E-state index contributed by atoms with van der Waals surface area (Å²) in [6.45, 7) is 1.22. The molecule has 2 heterocycles. The summed E-state index contributed by atoms with van der Waals surface area (Å²) in [4.78, 5) is 26.9. The van der Waals surface area contributed by atoms with Crippen LogP contribution in [0.2, 0.25) is 0 Å². The van der Waals surface area contributed by atoms with Crippen LogP contribution in [0, 0.1) is 0 Å². The van der Waals surface area contributed by atoms with Crippen molar-refractivity contribution in [1.29, 1.82) is 0 Å². The van der Waals surface area contributed by atoms with Crippen LogP contribution in [-0.2, 0) is 26.1 Å². The highest BCUT2D eigenvalue weighted by atomic mass is 32.2. The SMILES string of the molecule is CC(=O)N[C@@H](CS(=O)Cc1cn2ccsc2n1)C(=O)O. The second kappa shape index (κ2) is 6.14. The molecule has 2 aromatic heterocycles. The lowest BCUT2D eigenvalue weighted by molar-refractivity contribution is -0.140. The molecule has 0 radical (unpaired) electrons. The molecule has 0 aliphatic carbocycles. The number of nitrogens with zero attached hydrogens (tertiary/aromatic N) is 2. The Morgan fingerprint density at radius 2 is 2.35 bits per heavy atom. The number of fused-ring (bicyclic) bond motifs is 1. The summed E-state index contributed by atoms with van der Waals surface area (Å²) in [5.74, 6) is -1.63. The highest BCUT2D eigenvalue weighted by Gasteiger charge is 2.21. The van der Waals surface area contributed by atoms with Crippen LogP contribution < -0.4 is 5.32 Å². The number of carboxylic acid groups (broad SMARTS) is 1. The number of aromatic nitrogens is 2. The van der Waals surface area contributed by atoms with Crippen molar-refractivity contribution in [2.24, 2.45) is 0 Å². The molecule has 0 saturated carbocycles. The van der Waals surface area contributed by atoms with Crippen molar-refractivity contribution in [3.63, 3.8) is 0 Å². The average Bonchev–Trinajstić information content (AvgIpc) is 2.87. The molecule has 2 atom stereocenters. The van der Waals surface area contributed by atoms with E-state index in [2.05, 4.69) is 10.3 Å². The first-order valence-electron chi connectivity index (χ1n) is 5.71. The zero-order valence-corrected chi connectivity index (χ0v) is 12.2. The van der Waals surface area contributed by atoms with Gasteiger partial charge in [-0.2, -0.15) is 0 Å². The first kappa shape index (κ1) is 14.7. The van der Waals surface area contributed by atoms with Gasteiger partial charge in [0, 0.05) is 35.5 Å². The molecule has 0 fully saturated rings. The van der Waals surface area contributed by atoms with Crippen LogP contribution in [0.4, 0.5) is 0 Å². The molecule has 0 aromatic carbocycles. The maximum absolute atomic E-state index is 12.0. The van der Waals surface area contributed by atoms with Gasteiger partial charge in [-0.05, 0) is 0 Å². The maximum Gasteiger partial charge on any atom is 0.327 e. The third-order valence-corrected chi connectivity index (χ3v) is 4.57. The third kappa shape index (κ3) is 3.64. The normalized spacial score (nSPS) is 14.1. The summed E-state index contributed by atoms with van der Waals surface area (Å²) in [5, 5.41) is 13.1. The second-order valence-electron chi connectivity index (χ2n) is 4.17. The maximum atomic E-state index is 12.0. The molecule has 20 heavy (non-hydrogen) atoms. The summed E-state index contributed by atoms with van der Waals surface area (Å²) in [6, 6.07) is -1.14. The van der Waals surface area contributed by atoms with Crippen LogP contribution in [0.25, 0.3) is 4.96 Å². The largest absolute Gasteiger partial charge is 0.480 e. The molecule has 7 nitrogen and oxygen atoms in total. The van der Waals surface area contributed by atoms with Crippen molar-refractivity contribution in [1.82, 2.24) is 14.7 Å². The van der Waals surface area contributed by atoms with Crippen LogP contribution in [0.3, 0.4) is 0 Å². The van der Waals surface area contributed by atoms with E-state index < -0.39 is 28.7 Å². The van der Waals surface area contributed by atoms with Gasteiger partial charge in [-0.1, -0.05) is 0 Å². The average molecular weight is 315 g/mol. The van der Waals surface area contributed by atoms with E-state index in [4.69, 9.17) is 5.11 Å². The predicted octanol–water partition coefficient (Wildman–Crippen LogP) is 0.234. The Morgan fingerprint density at radius 3 is 2.95 bits per heavy atom. The van der Waals surface area contributed by atoms with Crippen molar-refractivity contribution in [3.05, 3.63) is 23.5 Å². The Hall–Kier alpha value is -1.74. The Kier molecular flexibility index (Phi) is 4.50. The Bertz CT molecular complexity index is 635. The van der Waals surface area contributed by atoms with Gasteiger partial charge < -0.3 is 10.4 Å². The molecule has 0 aliphatic heterocycles. The smallest absolute Gasteiger partial charge is 0.327 e. The van der Waals surface area contributed by atoms with Crippen molar-refractivity contribution in [2.45, 2.75) is 18.7 Å². The number of nitrogens with one attached hydrogen (secondary N) is 1. The molecule has 2 N–H and O–H groups in total. The van der Waals surface area contributed by atoms with Gasteiger partial charge in [0.2, 0.25) is 5.91 Å². The number of hydrogen-bond acceptors (Lipinski definition) is 5. The molecular formula is C11H13N3O4S2. The molecule has 0 bridgehead atoms. The van der Waals surface area contributed by atoms with Gasteiger partial charge >= 0.3 is 5.97 Å². The van der Waals surface area contributed by atoms with Crippen molar-refractivity contribution in [3.8, 4) is 0 Å². The molecule has 9 heteroatoms. The van der Waals surface area contributed by atoms with Crippen LogP contribution in [-0.4, -0.2) is 42.4 Å². The Labute approximate surface area is 121 Å². The van der Waals surface area contributed by atoms with E-state index >= 15 is 0 Å². The Morgan fingerprint density at radius 1 is 1.60 bits per heavy atom. The van der Waals surface area contributed by atoms with Gasteiger partial charge in [0.05, 0.1) is 17.2 Å². The van der Waals surface area contributed by atoms with Crippen molar-refractivity contribution in [2.75, 3.05) is 5.75 Å². The predicted molar refractivity (Wildman–Crippen MR) is 75.0 cm³/mol. The van der Waals surface area contributed by atoms with Crippen LogP contribution >= 0.6 is 11.3 Å². The van der Waals surface area contributed by atoms with E-state index in [9.17, 15) is 13.8 Å². The molecule has 108 valence electrons. The van der Waals surface area contributed by atoms with E-state index in [-0.39, 0.29) is 11.5 Å². The van der Waals surface area contributed by atoms with E-state index in [0.29, 0.717) is 5.69 Å². The molecule has 0 saturated heterocycles. The van der Waals surface area contributed by atoms with Crippen molar-refractivity contribution < 1.29 is 18.9 Å². The minimum absolute atomic E-state index is 0.139. The van der Waals surface area contributed by atoms with E-state index in [0.717, 1.165) is 4.96 Å². The highest BCUT2D eigenvalue weighted by Crippen LogP contribution is 2.12. The summed E-state index contributed by atoms with van der Waals surface area (Å²) in [6.07, 6.45) is 3.61. The first-order valence-corrected chi connectivity index (χ1v) is 8.08. The molecule has 0 spiro atoms. The number of amides is 1. The van der Waals surface area contributed by atoms with Gasteiger partial charge in [0.15, 0.2) is 4.96 Å². The highest BCUT2D eigenvalue weighted by molar-refractivity contribution is 7.84. The number of carbonyl (C=O) groups is 2. The number of aliphatic carboxylic acids is 1. The Balaban J connectivity index is 1.98. The number of imidazole rings is 1. The molecule has 0 aliphatic rings. The summed E-state index contributed by atoms with van der Waals surface area (Å²) in [5.41, 5.74) is 0.641. The van der Waals surface area contributed by atoms with Crippen molar-refractivity contribution >= 4 is 39.0 Å². The van der Waals surface area contributed by atoms with Gasteiger partial charge in [-0.3, -0.25) is 13.4 Å². The molecular weight excluding hydrogens is 302 g/mol. The second-order valence-corrected chi connectivity index (χ2v) is 6.54. The first-order chi connectivity index (χ1) is 9.45. The number of thiazole rings is 1. The lowest BCUT2D eigenvalue weighted by atomic mass is 10.3. The molecule has 2 aromatic rings. The minimum Gasteiger partial charge on any atom is -0.480 e. The fraction of sp³-hybridized carbons (Fsp3) is 0.364. The summed E-state index contributed by atoms with van der Waals surface area (Å²) in [7, 11) is -1.42. The number of carbonyl (C=O) groups excluding carboxylic acids is 1. The van der Waals surface area contributed by atoms with Gasteiger partial charge in [-0.15, -0.1) is 11.3 Å². The van der Waals surface area contributed by atoms with E-state index in [1.54, 1.807) is 6.20 Å². The van der Waals surface area contributed by atoms with Gasteiger partial charge in [0.1, 0.15) is 6.04 Å². The number of rotatable bonds is 6. The zero-order chi connectivity index (χ0) is 14.7. The van der Waals surface area contributed by atoms with Crippen LogP contribution in [0.5, 0.6) is 0 Å². The topological polar surface area (TPSA) is 101 Å². The molecule has 1 amide bonds. The zero-order valence-electron chi connectivity index (χ0n) is 10.6. The lowest BCUT2D eigenvalue weighted by Gasteiger charge is -2.12. The molecule has 2 rings (SSSR count). The van der Waals surface area contributed by atoms with Crippen LogP contribution in [0.15, 0.2) is 17.8 Å². The summed E-state index contributed by atoms with van der Waals surface area (Å²) < 4.78 is 13.8. The van der Waals surface area contributed by atoms with E-state index in [1.165, 1.54) is 18.3 Å². The third-order valence-electron chi connectivity index (χ3n) is 2.48. The fourth-order valence-electron chi connectivity index (χ4n) is 1.68. The lowest BCUT2D eigenvalue weighted by Crippen LogP contribution is -2.43. The number of hydrogen-bond donors (Lipinski definition) is 2. The van der Waals surface area contributed by atoms with E-state index in [1.807, 2.05) is 16.0 Å². The van der Waals surface area contributed by atoms with Gasteiger partial charge in [0.25, 0.3) is 0 Å². The minimum atomic E-state index is -1.42. The molecule has 1 unspecified atom stereocenters. The summed E-state index contributed by atoms with van der Waals surface area (Å²) >= 11 is 1.46. The quantitative estimate of drug-likeness (QED) is 0.795. The monoisotopic (exact) mass is 315 g/mol.